The lowest BCUT2D eigenvalue weighted by atomic mass is 9.98. The van der Waals surface area contributed by atoms with Gasteiger partial charge in [-0.2, -0.15) is 5.26 Å². The molecule has 1 aliphatic rings. The Morgan fingerprint density at radius 2 is 1.74 bits per heavy atom. The molecule has 2 aromatic heterocycles. The Kier molecular flexibility index (Phi) is 9.18. The van der Waals surface area contributed by atoms with Crippen molar-refractivity contribution in [2.45, 2.75) is 39.3 Å². The van der Waals surface area contributed by atoms with Crippen LogP contribution >= 0.6 is 23.2 Å². The number of hydrogen-bond acceptors (Lipinski definition) is 4. The lowest BCUT2D eigenvalue weighted by Gasteiger charge is -2.43. The summed E-state index contributed by atoms with van der Waals surface area (Å²) in [4.78, 5) is 35.0. The Hall–Kier alpha value is -4.55. The van der Waals surface area contributed by atoms with Gasteiger partial charge in [0, 0.05) is 79.8 Å². The molecule has 2 N–H and O–H groups in total. The highest BCUT2D eigenvalue weighted by atomic mass is 35.5. The standard InChI is InChI=1S/C36H34Cl2N6O2/c1-23(45)42(21-26-7-9-33(37)34(38)16-26)22-29(17-28-19-40-35-6-4-3-5-30(28)35)44(24(2)46)43-13-11-27(12-14-43)32-20-41-36-10-8-25(18-39)15-31(32)36/h3-11,15-16,19-20,29,40-41H,12-14,17,21-22H2,1-2H3/t29-/m1/s1. The smallest absolute Gasteiger partial charge is 0.234 e. The summed E-state index contributed by atoms with van der Waals surface area (Å²) < 4.78 is 0. The molecule has 0 spiro atoms. The van der Waals surface area contributed by atoms with E-state index in [1.54, 1.807) is 30.9 Å². The van der Waals surface area contributed by atoms with E-state index in [0.717, 1.165) is 38.5 Å². The van der Waals surface area contributed by atoms with E-state index in [4.69, 9.17) is 23.2 Å². The fourth-order valence-electron chi connectivity index (χ4n) is 6.44. The maximum Gasteiger partial charge on any atom is 0.234 e. The summed E-state index contributed by atoms with van der Waals surface area (Å²) in [6.07, 6.45) is 7.40. The number of nitrogens with one attached hydrogen (secondary N) is 2. The average molecular weight is 654 g/mol. The van der Waals surface area contributed by atoms with Gasteiger partial charge in [-0.3, -0.25) is 14.6 Å². The van der Waals surface area contributed by atoms with Crippen LogP contribution in [0.25, 0.3) is 27.4 Å². The Morgan fingerprint density at radius 3 is 2.46 bits per heavy atom. The third-order valence-corrected chi connectivity index (χ3v) is 9.42. The second-order valence-electron chi connectivity index (χ2n) is 11.7. The third-order valence-electron chi connectivity index (χ3n) is 8.68. The van der Waals surface area contributed by atoms with E-state index >= 15 is 0 Å². The molecular weight excluding hydrogens is 619 g/mol. The van der Waals surface area contributed by atoms with E-state index in [1.807, 2.05) is 59.9 Å². The molecule has 3 heterocycles. The number of carbonyl (C=O) groups is 2. The molecule has 0 radical (unpaired) electrons. The quantitative estimate of drug-likeness (QED) is 0.174. The van der Waals surface area contributed by atoms with Crippen molar-refractivity contribution in [1.29, 1.82) is 5.26 Å². The minimum Gasteiger partial charge on any atom is -0.361 e. The number of benzene rings is 3. The largest absolute Gasteiger partial charge is 0.361 e. The molecule has 0 bridgehead atoms. The summed E-state index contributed by atoms with van der Waals surface area (Å²) in [6, 6.07) is 21.0. The number of halogens is 2. The Labute approximate surface area is 277 Å². The summed E-state index contributed by atoms with van der Waals surface area (Å²) in [6.45, 7) is 4.93. The molecule has 6 rings (SSSR count). The van der Waals surface area contributed by atoms with E-state index in [0.29, 0.717) is 54.6 Å². The van der Waals surface area contributed by atoms with Gasteiger partial charge in [0.1, 0.15) is 0 Å². The normalized spacial score (nSPS) is 14.2. The topological polar surface area (TPSA) is 99.2 Å². The molecule has 2 amide bonds. The van der Waals surface area contributed by atoms with Crippen LogP contribution in [0.15, 0.2) is 79.1 Å². The molecule has 0 unspecified atom stereocenters. The molecule has 0 aliphatic carbocycles. The van der Waals surface area contributed by atoms with Crippen LogP contribution in [0, 0.1) is 11.3 Å². The first-order valence-corrected chi connectivity index (χ1v) is 16.0. The zero-order valence-corrected chi connectivity index (χ0v) is 27.2. The predicted octanol–water partition coefficient (Wildman–Crippen LogP) is 7.34. The number of fused-ring (bicyclic) bond motifs is 2. The number of aromatic nitrogens is 2. The highest BCUT2D eigenvalue weighted by Gasteiger charge is 2.32. The summed E-state index contributed by atoms with van der Waals surface area (Å²) >= 11 is 12.5. The lowest BCUT2D eigenvalue weighted by molar-refractivity contribution is -0.155. The molecule has 5 aromatic rings. The SMILES string of the molecule is CC(=O)N(Cc1ccc(Cl)c(Cl)c1)C[C@@H](Cc1c[nH]c2ccccc12)N(C(C)=O)N1CC=C(c2c[nH]c3ccc(C#N)cc23)CC1. The summed E-state index contributed by atoms with van der Waals surface area (Å²) in [5.41, 5.74) is 6.78. The Balaban J connectivity index is 1.31. The van der Waals surface area contributed by atoms with E-state index in [-0.39, 0.29) is 17.9 Å². The van der Waals surface area contributed by atoms with Crippen LogP contribution in [0.4, 0.5) is 0 Å². The summed E-state index contributed by atoms with van der Waals surface area (Å²) in [5, 5.41) is 16.3. The zero-order chi connectivity index (χ0) is 32.4. The van der Waals surface area contributed by atoms with E-state index in [9.17, 15) is 14.9 Å². The first-order chi connectivity index (χ1) is 22.2. The van der Waals surface area contributed by atoms with Gasteiger partial charge in [-0.25, -0.2) is 5.01 Å². The minimum atomic E-state index is -0.343. The van der Waals surface area contributed by atoms with Crippen LogP contribution in [0.3, 0.4) is 0 Å². The highest BCUT2D eigenvalue weighted by Crippen LogP contribution is 2.31. The molecule has 8 nitrogen and oxygen atoms in total. The van der Waals surface area contributed by atoms with E-state index in [2.05, 4.69) is 33.2 Å². The predicted molar refractivity (Wildman–Crippen MR) is 183 cm³/mol. The van der Waals surface area contributed by atoms with Gasteiger partial charge < -0.3 is 14.9 Å². The first-order valence-electron chi connectivity index (χ1n) is 15.2. The van der Waals surface area contributed by atoms with Crippen LogP contribution in [0.2, 0.25) is 10.0 Å². The number of hydrogen-bond donors (Lipinski definition) is 2. The van der Waals surface area contributed by atoms with Crippen molar-refractivity contribution in [2.24, 2.45) is 0 Å². The second-order valence-corrected chi connectivity index (χ2v) is 12.5. The molecule has 1 aliphatic heterocycles. The number of para-hydroxylation sites is 1. The maximum atomic E-state index is 13.5. The summed E-state index contributed by atoms with van der Waals surface area (Å²) in [5.74, 6) is -0.194. The lowest BCUT2D eigenvalue weighted by Crippen LogP contribution is -2.57. The fraction of sp³-hybridized carbons (Fsp3) is 0.250. The van der Waals surface area contributed by atoms with Crippen LogP contribution < -0.4 is 0 Å². The van der Waals surface area contributed by atoms with Crippen molar-refractivity contribution in [1.82, 2.24) is 24.9 Å². The molecule has 0 fully saturated rings. The minimum absolute atomic E-state index is 0.0921. The first kappa shape index (κ1) is 31.4. The van der Waals surface area contributed by atoms with Crippen LogP contribution in [-0.4, -0.2) is 62.4 Å². The number of nitrogens with zero attached hydrogens (tertiary/aromatic N) is 4. The maximum absolute atomic E-state index is 13.5. The van der Waals surface area contributed by atoms with Crippen molar-refractivity contribution in [2.75, 3.05) is 19.6 Å². The number of amides is 2. The Bertz CT molecular complexity index is 2000. The van der Waals surface area contributed by atoms with Crippen LogP contribution in [0.1, 0.15) is 42.5 Å². The number of nitriles is 1. The van der Waals surface area contributed by atoms with Crippen molar-refractivity contribution in [3.63, 3.8) is 0 Å². The Morgan fingerprint density at radius 1 is 0.957 bits per heavy atom. The van der Waals surface area contributed by atoms with Crippen LogP contribution in [-0.2, 0) is 22.6 Å². The molecule has 0 saturated carbocycles. The molecule has 10 heteroatoms. The van der Waals surface area contributed by atoms with Gasteiger partial charge in [-0.15, -0.1) is 0 Å². The van der Waals surface area contributed by atoms with Gasteiger partial charge in [0.25, 0.3) is 0 Å². The fourth-order valence-corrected chi connectivity index (χ4v) is 6.76. The van der Waals surface area contributed by atoms with Crippen molar-refractivity contribution >= 4 is 62.4 Å². The van der Waals surface area contributed by atoms with Gasteiger partial charge in [0.05, 0.1) is 27.7 Å². The van der Waals surface area contributed by atoms with E-state index in [1.165, 1.54) is 5.57 Å². The van der Waals surface area contributed by atoms with Gasteiger partial charge >= 0.3 is 0 Å². The monoisotopic (exact) mass is 652 g/mol. The molecular formula is C36H34Cl2N6O2. The molecule has 0 saturated heterocycles. The molecule has 46 heavy (non-hydrogen) atoms. The molecule has 234 valence electrons. The van der Waals surface area contributed by atoms with Gasteiger partial charge in [-0.1, -0.05) is 53.5 Å². The van der Waals surface area contributed by atoms with Gasteiger partial charge in [0.15, 0.2) is 0 Å². The second kappa shape index (κ2) is 13.4. The average Bonchev–Trinajstić information content (AvgIpc) is 3.66. The molecule has 1 atom stereocenters. The third kappa shape index (κ3) is 6.54. The zero-order valence-electron chi connectivity index (χ0n) is 25.7. The van der Waals surface area contributed by atoms with Gasteiger partial charge in [-0.05, 0) is 65.9 Å². The molecule has 3 aromatic carbocycles. The number of rotatable bonds is 9. The van der Waals surface area contributed by atoms with E-state index < -0.39 is 0 Å². The number of carbonyl (C=O) groups excluding carboxylic acids is 2. The number of H-pyrrole nitrogens is 2. The number of hydrazine groups is 1. The highest BCUT2D eigenvalue weighted by molar-refractivity contribution is 6.42. The van der Waals surface area contributed by atoms with Gasteiger partial charge in [0.2, 0.25) is 11.8 Å². The van der Waals surface area contributed by atoms with Crippen molar-refractivity contribution in [3.8, 4) is 6.07 Å². The van der Waals surface area contributed by atoms with Crippen molar-refractivity contribution < 1.29 is 9.59 Å². The summed E-state index contributed by atoms with van der Waals surface area (Å²) in [7, 11) is 0. The number of aromatic amines is 2. The van der Waals surface area contributed by atoms with Crippen LogP contribution in [0.5, 0.6) is 0 Å². The van der Waals surface area contributed by atoms with Crippen molar-refractivity contribution in [3.05, 3.63) is 111 Å².